The lowest BCUT2D eigenvalue weighted by Gasteiger charge is -2.20. The zero-order valence-corrected chi connectivity index (χ0v) is 10.7. The van der Waals surface area contributed by atoms with Gasteiger partial charge in [-0.2, -0.15) is 0 Å². The van der Waals surface area contributed by atoms with Gasteiger partial charge in [-0.05, 0) is 26.8 Å². The lowest BCUT2D eigenvalue weighted by molar-refractivity contribution is -0.149. The van der Waals surface area contributed by atoms with E-state index in [2.05, 4.69) is 13.2 Å². The Balaban J connectivity index is 5.14. The molecule has 0 unspecified atom stereocenters. The van der Waals surface area contributed by atoms with Gasteiger partial charge in [-0.25, -0.2) is 4.79 Å². The highest BCUT2D eigenvalue weighted by Crippen LogP contribution is 2.17. The summed E-state index contributed by atoms with van der Waals surface area (Å²) in [6.45, 7) is 12.3. The van der Waals surface area contributed by atoms with Gasteiger partial charge in [0.15, 0.2) is 0 Å². The number of rotatable bonds is 5. The Morgan fingerprint density at radius 3 is 2.12 bits per heavy atom. The van der Waals surface area contributed by atoms with E-state index in [1.807, 2.05) is 0 Å². The Labute approximate surface area is 102 Å². The molecule has 0 aromatic carbocycles. The van der Waals surface area contributed by atoms with Crippen LogP contribution in [0.2, 0.25) is 0 Å². The first kappa shape index (κ1) is 15.2. The third kappa shape index (κ3) is 5.70. The van der Waals surface area contributed by atoms with Crippen LogP contribution >= 0.6 is 0 Å². The van der Waals surface area contributed by atoms with Crippen LogP contribution in [0.4, 0.5) is 0 Å². The SMILES string of the molecule is C=C(C=O)/C=C(\C(=C)OC)C(=O)OC(C)(C)C. The van der Waals surface area contributed by atoms with Gasteiger partial charge in [0.05, 0.1) is 7.11 Å². The van der Waals surface area contributed by atoms with Gasteiger partial charge < -0.3 is 9.47 Å². The topological polar surface area (TPSA) is 52.6 Å². The maximum absolute atomic E-state index is 11.8. The fourth-order valence-electron chi connectivity index (χ4n) is 0.916. The van der Waals surface area contributed by atoms with Gasteiger partial charge in [-0.15, -0.1) is 0 Å². The minimum absolute atomic E-state index is 0.0829. The molecule has 17 heavy (non-hydrogen) atoms. The van der Waals surface area contributed by atoms with Crippen molar-refractivity contribution in [3.8, 4) is 0 Å². The van der Waals surface area contributed by atoms with Crippen molar-refractivity contribution >= 4 is 12.3 Å². The normalized spacial score (nSPS) is 11.6. The van der Waals surface area contributed by atoms with E-state index in [-0.39, 0.29) is 16.9 Å². The second-order valence-corrected chi connectivity index (χ2v) is 4.38. The van der Waals surface area contributed by atoms with Crippen molar-refractivity contribution < 1.29 is 19.1 Å². The standard InChI is InChI=1S/C13H18O4/c1-9(8-14)7-11(10(2)16-6)12(15)17-13(3,4)5/h7-8H,1-2H2,3-6H3/b11-7+. The fourth-order valence-corrected chi connectivity index (χ4v) is 0.916. The number of carbonyl (C=O) groups excluding carboxylic acids is 2. The highest BCUT2D eigenvalue weighted by molar-refractivity contribution is 5.95. The largest absolute Gasteiger partial charge is 0.496 e. The Morgan fingerprint density at radius 1 is 1.24 bits per heavy atom. The number of aldehydes is 1. The van der Waals surface area contributed by atoms with Crippen LogP contribution in [0, 0.1) is 0 Å². The lowest BCUT2D eigenvalue weighted by Crippen LogP contribution is -2.25. The molecule has 0 amide bonds. The molecule has 0 aliphatic rings. The Bertz CT molecular complexity index is 369. The van der Waals surface area contributed by atoms with Crippen LogP contribution in [0.15, 0.2) is 36.1 Å². The molecule has 0 aliphatic carbocycles. The van der Waals surface area contributed by atoms with Crippen LogP contribution in [-0.2, 0) is 19.1 Å². The van der Waals surface area contributed by atoms with Gasteiger partial charge in [0, 0.05) is 5.57 Å². The van der Waals surface area contributed by atoms with E-state index >= 15 is 0 Å². The Kier molecular flexibility index (Phi) is 5.38. The Hall–Kier alpha value is -1.84. The highest BCUT2D eigenvalue weighted by Gasteiger charge is 2.22. The van der Waals surface area contributed by atoms with E-state index in [1.54, 1.807) is 20.8 Å². The zero-order chi connectivity index (χ0) is 13.6. The molecule has 0 atom stereocenters. The average molecular weight is 238 g/mol. The van der Waals surface area contributed by atoms with Gasteiger partial charge >= 0.3 is 5.97 Å². The first-order valence-corrected chi connectivity index (χ1v) is 5.03. The Morgan fingerprint density at radius 2 is 1.76 bits per heavy atom. The summed E-state index contributed by atoms with van der Waals surface area (Å²) in [5, 5.41) is 0. The van der Waals surface area contributed by atoms with E-state index in [4.69, 9.17) is 9.47 Å². The summed E-state index contributed by atoms with van der Waals surface area (Å²) in [6, 6.07) is 0. The molecule has 0 saturated carbocycles. The summed E-state index contributed by atoms with van der Waals surface area (Å²) < 4.78 is 10.0. The number of esters is 1. The number of allylic oxidation sites excluding steroid dienone is 2. The van der Waals surface area contributed by atoms with Gasteiger partial charge in [0.2, 0.25) is 0 Å². The van der Waals surface area contributed by atoms with Gasteiger partial charge in [-0.1, -0.05) is 13.2 Å². The number of hydrogen-bond donors (Lipinski definition) is 0. The first-order valence-electron chi connectivity index (χ1n) is 5.03. The molecular formula is C13H18O4. The van der Waals surface area contributed by atoms with Crippen molar-refractivity contribution in [2.24, 2.45) is 0 Å². The molecule has 0 aromatic rings. The molecule has 0 fully saturated rings. The third-order valence-electron chi connectivity index (χ3n) is 1.65. The maximum Gasteiger partial charge on any atom is 0.342 e. The number of ether oxygens (including phenoxy) is 2. The summed E-state index contributed by atoms with van der Waals surface area (Å²) in [7, 11) is 1.38. The average Bonchev–Trinajstić information content (AvgIpc) is 2.21. The molecule has 0 bridgehead atoms. The summed E-state index contributed by atoms with van der Waals surface area (Å²) in [4.78, 5) is 22.3. The number of methoxy groups -OCH3 is 1. The zero-order valence-electron chi connectivity index (χ0n) is 10.7. The quantitative estimate of drug-likeness (QED) is 0.242. The van der Waals surface area contributed by atoms with Crippen LogP contribution < -0.4 is 0 Å². The number of carbonyl (C=O) groups is 2. The smallest absolute Gasteiger partial charge is 0.342 e. The minimum atomic E-state index is -0.632. The monoisotopic (exact) mass is 238 g/mol. The summed E-state index contributed by atoms with van der Waals surface area (Å²) in [5.41, 5.74) is -0.407. The van der Waals surface area contributed by atoms with Gasteiger partial charge in [-0.3, -0.25) is 4.79 Å². The molecule has 0 saturated heterocycles. The predicted molar refractivity (Wildman–Crippen MR) is 65.3 cm³/mol. The van der Waals surface area contributed by atoms with Crippen LogP contribution in [0.25, 0.3) is 0 Å². The van der Waals surface area contributed by atoms with Crippen LogP contribution in [0.1, 0.15) is 20.8 Å². The van der Waals surface area contributed by atoms with Gasteiger partial charge in [0.1, 0.15) is 23.2 Å². The minimum Gasteiger partial charge on any atom is -0.496 e. The predicted octanol–water partition coefficient (Wildman–Crippen LogP) is 2.17. The molecule has 0 rings (SSSR count). The van der Waals surface area contributed by atoms with E-state index in [0.29, 0.717) is 6.29 Å². The van der Waals surface area contributed by atoms with Crippen molar-refractivity contribution in [3.05, 3.63) is 36.1 Å². The molecule has 4 nitrogen and oxygen atoms in total. The molecule has 0 radical (unpaired) electrons. The van der Waals surface area contributed by atoms with E-state index in [1.165, 1.54) is 13.2 Å². The molecule has 94 valence electrons. The van der Waals surface area contributed by atoms with Crippen molar-refractivity contribution in [1.82, 2.24) is 0 Å². The van der Waals surface area contributed by atoms with Crippen LogP contribution in [-0.4, -0.2) is 25.0 Å². The molecular weight excluding hydrogens is 220 g/mol. The van der Waals surface area contributed by atoms with Crippen LogP contribution in [0.5, 0.6) is 0 Å². The lowest BCUT2D eigenvalue weighted by atomic mass is 10.1. The van der Waals surface area contributed by atoms with Gasteiger partial charge in [0.25, 0.3) is 0 Å². The van der Waals surface area contributed by atoms with Crippen molar-refractivity contribution in [3.63, 3.8) is 0 Å². The number of hydrogen-bond acceptors (Lipinski definition) is 4. The van der Waals surface area contributed by atoms with Crippen molar-refractivity contribution in [1.29, 1.82) is 0 Å². The molecule has 4 heteroatoms. The van der Waals surface area contributed by atoms with Crippen molar-refractivity contribution in [2.75, 3.05) is 7.11 Å². The third-order valence-corrected chi connectivity index (χ3v) is 1.65. The molecule has 0 N–H and O–H groups in total. The summed E-state index contributed by atoms with van der Waals surface area (Å²) in [6.07, 6.45) is 1.82. The fraction of sp³-hybridized carbons (Fsp3) is 0.385. The molecule has 0 heterocycles. The van der Waals surface area contributed by atoms with E-state index in [9.17, 15) is 9.59 Å². The summed E-state index contributed by atoms with van der Waals surface area (Å²) >= 11 is 0. The second-order valence-electron chi connectivity index (χ2n) is 4.38. The van der Waals surface area contributed by atoms with E-state index in [0.717, 1.165) is 0 Å². The second kappa shape index (κ2) is 6.03. The molecule has 0 aliphatic heterocycles. The summed E-state index contributed by atoms with van der Waals surface area (Å²) in [5.74, 6) is -0.477. The first-order chi connectivity index (χ1) is 7.71. The maximum atomic E-state index is 11.8. The van der Waals surface area contributed by atoms with Crippen LogP contribution in [0.3, 0.4) is 0 Å². The molecule has 0 spiro atoms. The van der Waals surface area contributed by atoms with E-state index < -0.39 is 11.6 Å². The highest BCUT2D eigenvalue weighted by atomic mass is 16.6. The van der Waals surface area contributed by atoms with Crippen molar-refractivity contribution in [2.45, 2.75) is 26.4 Å². The molecule has 0 aromatic heterocycles.